The Morgan fingerprint density at radius 3 is 2.65 bits per heavy atom. The number of carbonyl (C=O) groups is 2. The number of primary amides is 1. The minimum absolute atomic E-state index is 0.00885. The number of nitrogens with two attached hydrogens (primary N) is 1. The fraction of sp³-hybridized carbons (Fsp3) is 0.353. The number of aliphatic hydroxyl groups is 1. The van der Waals surface area contributed by atoms with Gasteiger partial charge in [0, 0.05) is 39.4 Å². The molecule has 2 saturated carbocycles. The highest BCUT2D eigenvalue weighted by Gasteiger charge is 2.58. The third kappa shape index (κ3) is 5.17. The van der Waals surface area contributed by atoms with Crippen LogP contribution in [0.15, 0.2) is 47.8 Å². The van der Waals surface area contributed by atoms with E-state index in [-0.39, 0.29) is 45.5 Å². The van der Waals surface area contributed by atoms with Crippen LogP contribution in [0.5, 0.6) is 11.6 Å². The number of amides is 2. The van der Waals surface area contributed by atoms with Gasteiger partial charge in [-0.3, -0.25) is 9.59 Å². The highest BCUT2D eigenvalue weighted by Crippen LogP contribution is 2.49. The number of fused-ring (bicyclic) bond motifs is 3. The van der Waals surface area contributed by atoms with Crippen molar-refractivity contribution >= 4 is 38.8 Å². The van der Waals surface area contributed by atoms with Crippen molar-refractivity contribution < 1.29 is 41.7 Å². The van der Waals surface area contributed by atoms with Crippen LogP contribution >= 0.6 is 11.3 Å². The van der Waals surface area contributed by atoms with Crippen molar-refractivity contribution in [1.29, 1.82) is 0 Å². The summed E-state index contributed by atoms with van der Waals surface area (Å²) in [6.07, 6.45) is -1.75. The molecule has 4 aromatic heterocycles. The second-order valence-electron chi connectivity index (χ2n) is 13.1. The maximum absolute atomic E-state index is 15.0. The molecule has 1 aliphatic heterocycles. The van der Waals surface area contributed by atoms with Crippen molar-refractivity contribution in [2.45, 2.75) is 61.8 Å². The first-order valence-electron chi connectivity index (χ1n) is 15.7. The number of benzene rings is 1. The maximum Gasteiger partial charge on any atom is 0.424 e. The zero-order valence-electron chi connectivity index (χ0n) is 25.9. The third-order valence-corrected chi connectivity index (χ3v) is 10.4. The number of rotatable bonds is 9. The van der Waals surface area contributed by atoms with Crippen molar-refractivity contribution in [3.05, 3.63) is 76.2 Å². The number of nitrogens with one attached hydrogen (secondary N) is 1. The Balaban J connectivity index is 1.20. The number of carbonyl (C=O) groups excluding carboxylic acids is 2. The van der Waals surface area contributed by atoms with Crippen molar-refractivity contribution in [2.24, 2.45) is 5.73 Å². The van der Waals surface area contributed by atoms with E-state index in [0.717, 1.165) is 48.8 Å². The monoisotopic (exact) mass is 695 g/mol. The maximum atomic E-state index is 15.0. The Kier molecular flexibility index (Phi) is 6.99. The van der Waals surface area contributed by atoms with Crippen LogP contribution < -0.4 is 20.5 Å². The van der Waals surface area contributed by atoms with Gasteiger partial charge < -0.3 is 25.6 Å². The van der Waals surface area contributed by atoms with Gasteiger partial charge in [-0.25, -0.2) is 13.9 Å². The molecule has 254 valence electrons. The number of hydrogen-bond acceptors (Lipinski definition) is 8. The number of pyridine rings is 2. The van der Waals surface area contributed by atoms with E-state index in [1.165, 1.54) is 36.6 Å². The second kappa shape index (κ2) is 10.9. The predicted molar refractivity (Wildman–Crippen MR) is 170 cm³/mol. The van der Waals surface area contributed by atoms with E-state index in [4.69, 9.17) is 15.2 Å². The van der Waals surface area contributed by atoms with Crippen LogP contribution in [0.2, 0.25) is 0 Å². The third-order valence-electron chi connectivity index (χ3n) is 9.44. The molecule has 5 aromatic rings. The zero-order chi connectivity index (χ0) is 34.5. The van der Waals surface area contributed by atoms with Crippen LogP contribution in [0.1, 0.15) is 65.8 Å². The van der Waals surface area contributed by atoms with Gasteiger partial charge in [0.2, 0.25) is 17.4 Å². The van der Waals surface area contributed by atoms with Crippen LogP contribution in [-0.2, 0) is 15.8 Å². The lowest BCUT2D eigenvalue weighted by Gasteiger charge is -2.31. The average molecular weight is 696 g/mol. The number of aromatic nitrogens is 3. The van der Waals surface area contributed by atoms with Crippen LogP contribution in [0.25, 0.3) is 26.9 Å². The van der Waals surface area contributed by atoms with E-state index in [2.05, 4.69) is 15.4 Å². The standard InChI is InChI=1S/C34H29F4N5O5S/c1-32(31(39)45)15-47-28-22(32)12-25(41-27(28)21-13-49-29-20(21)3-2-4-23(29)35)33(46,34(36,37)38)14-40-30(44)17-9-18-11-24(16-5-6-16)42-43(18)26(10-17)48-19-7-8-19/h2-4,9-13,16,19,46H,5-8,14-15H2,1H3,(H2,39,45)(H,40,44)/t32-,33?/m0/s1. The number of ether oxygens (including phenoxy) is 2. The van der Waals surface area contributed by atoms with Crippen LogP contribution in [0.3, 0.4) is 0 Å². The number of nitrogens with zero attached hydrogens (tertiary/aromatic N) is 3. The fourth-order valence-corrected chi connectivity index (χ4v) is 7.03. The highest BCUT2D eigenvalue weighted by molar-refractivity contribution is 7.17. The van der Waals surface area contributed by atoms with Gasteiger partial charge in [-0.15, -0.1) is 11.3 Å². The lowest BCUT2D eigenvalue weighted by atomic mass is 9.81. The predicted octanol–water partition coefficient (Wildman–Crippen LogP) is 5.48. The summed E-state index contributed by atoms with van der Waals surface area (Å²) in [5.74, 6) is -1.72. The first-order valence-corrected chi connectivity index (χ1v) is 16.6. The molecule has 3 aliphatic rings. The molecule has 0 saturated heterocycles. The summed E-state index contributed by atoms with van der Waals surface area (Å²) in [6, 6.07) is 9.96. The van der Waals surface area contributed by atoms with Crippen LogP contribution in [0, 0.1) is 5.82 Å². The topological polar surface area (TPSA) is 141 Å². The molecule has 2 amide bonds. The van der Waals surface area contributed by atoms with Gasteiger partial charge in [-0.1, -0.05) is 12.1 Å². The largest absolute Gasteiger partial charge is 0.489 e. The summed E-state index contributed by atoms with van der Waals surface area (Å²) >= 11 is 1.01. The zero-order valence-corrected chi connectivity index (χ0v) is 26.8. The summed E-state index contributed by atoms with van der Waals surface area (Å²) in [4.78, 5) is 30.4. The first-order chi connectivity index (χ1) is 23.3. The van der Waals surface area contributed by atoms with Crippen LogP contribution in [0.4, 0.5) is 17.6 Å². The van der Waals surface area contributed by atoms with E-state index < -0.39 is 47.1 Å². The van der Waals surface area contributed by atoms with Gasteiger partial charge >= 0.3 is 6.18 Å². The van der Waals surface area contributed by atoms with E-state index >= 15 is 0 Å². The lowest BCUT2D eigenvalue weighted by molar-refractivity contribution is -0.265. The second-order valence-corrected chi connectivity index (χ2v) is 14.0. The molecule has 8 rings (SSSR count). The molecular formula is C34H29F4N5O5S. The molecule has 49 heavy (non-hydrogen) atoms. The normalized spacial score (nSPS) is 20.2. The van der Waals surface area contributed by atoms with Crippen molar-refractivity contribution in [3.63, 3.8) is 0 Å². The average Bonchev–Trinajstić information content (AvgIpc) is 3.96. The van der Waals surface area contributed by atoms with Gasteiger partial charge in [-0.2, -0.15) is 18.3 Å². The molecule has 2 fully saturated rings. The quantitative estimate of drug-likeness (QED) is 0.174. The number of halogens is 4. The molecule has 4 N–H and O–H groups in total. The Labute approximate surface area is 279 Å². The number of hydrogen-bond donors (Lipinski definition) is 3. The molecule has 0 spiro atoms. The molecule has 5 heterocycles. The minimum Gasteiger partial charge on any atom is -0.489 e. The summed E-state index contributed by atoms with van der Waals surface area (Å²) in [7, 11) is 0. The molecule has 2 atom stereocenters. The Morgan fingerprint density at radius 2 is 1.96 bits per heavy atom. The van der Waals surface area contributed by atoms with Crippen molar-refractivity contribution in [1.82, 2.24) is 19.9 Å². The smallest absolute Gasteiger partial charge is 0.424 e. The molecular weight excluding hydrogens is 666 g/mol. The summed E-state index contributed by atoms with van der Waals surface area (Å²) in [5.41, 5.74) is 0.962. The SMILES string of the molecule is C[C@]1(C(N)=O)COc2c1cc(C(O)(CNC(=O)c1cc(OC3CC3)n3nc(C4CC4)cc3c1)C(F)(F)F)nc2-c1csc2c(F)cccc12. The molecule has 10 nitrogen and oxygen atoms in total. The Morgan fingerprint density at radius 1 is 1.18 bits per heavy atom. The first kappa shape index (κ1) is 31.5. The molecule has 1 aromatic carbocycles. The number of thiophene rings is 1. The van der Waals surface area contributed by atoms with Gasteiger partial charge in [0.25, 0.3) is 5.91 Å². The van der Waals surface area contributed by atoms with E-state index in [1.807, 2.05) is 6.07 Å². The Hall–Kier alpha value is -4.76. The highest BCUT2D eigenvalue weighted by atomic mass is 32.1. The van der Waals surface area contributed by atoms with Crippen molar-refractivity contribution in [3.8, 4) is 22.9 Å². The van der Waals surface area contributed by atoms with Gasteiger partial charge in [0.1, 0.15) is 35.4 Å². The molecule has 2 aliphatic carbocycles. The van der Waals surface area contributed by atoms with Crippen molar-refractivity contribution in [2.75, 3.05) is 13.2 Å². The van der Waals surface area contributed by atoms with E-state index in [0.29, 0.717) is 22.7 Å². The lowest BCUT2D eigenvalue weighted by Crippen LogP contribution is -2.51. The minimum atomic E-state index is -5.36. The summed E-state index contributed by atoms with van der Waals surface area (Å²) in [5, 5.41) is 20.2. The fourth-order valence-electron chi connectivity index (χ4n) is 6.07. The van der Waals surface area contributed by atoms with Gasteiger partial charge in [-0.05, 0) is 56.9 Å². The summed E-state index contributed by atoms with van der Waals surface area (Å²) in [6.45, 7) is -0.209. The van der Waals surface area contributed by atoms with E-state index in [1.54, 1.807) is 10.6 Å². The van der Waals surface area contributed by atoms with Crippen LogP contribution in [-0.4, -0.2) is 57.0 Å². The summed E-state index contributed by atoms with van der Waals surface area (Å²) < 4.78 is 73.2. The van der Waals surface area contributed by atoms with Gasteiger partial charge in [0.05, 0.1) is 28.1 Å². The Bertz CT molecular complexity index is 2190. The van der Waals surface area contributed by atoms with E-state index in [9.17, 15) is 32.3 Å². The molecule has 1 unspecified atom stereocenters. The molecule has 0 radical (unpaired) electrons. The number of alkyl halides is 3. The molecule has 15 heteroatoms. The molecule has 0 bridgehead atoms. The van der Waals surface area contributed by atoms with Gasteiger partial charge in [0.15, 0.2) is 0 Å².